The van der Waals surface area contributed by atoms with Crippen molar-refractivity contribution in [2.45, 2.75) is 39.0 Å². The third-order valence-corrected chi connectivity index (χ3v) is 2.43. The SMILES string of the molecule is CC(C)(C)c1cc2c(o1)CCC2=O. The number of hydrogen-bond donors (Lipinski definition) is 0. The fraction of sp³-hybridized carbons (Fsp3) is 0.545. The van der Waals surface area contributed by atoms with Crippen LogP contribution in [0.2, 0.25) is 0 Å². The van der Waals surface area contributed by atoms with Gasteiger partial charge in [0.2, 0.25) is 0 Å². The van der Waals surface area contributed by atoms with Crippen molar-refractivity contribution >= 4 is 5.78 Å². The van der Waals surface area contributed by atoms with Gasteiger partial charge in [-0.1, -0.05) is 20.8 Å². The summed E-state index contributed by atoms with van der Waals surface area (Å²) in [5, 5.41) is 0. The quantitative estimate of drug-likeness (QED) is 0.611. The first kappa shape index (κ1) is 8.54. The molecule has 0 spiro atoms. The van der Waals surface area contributed by atoms with Crippen LogP contribution in [-0.4, -0.2) is 5.78 Å². The second-order valence-electron chi connectivity index (χ2n) is 4.62. The first-order chi connectivity index (χ1) is 5.98. The van der Waals surface area contributed by atoms with Gasteiger partial charge in [0.15, 0.2) is 5.78 Å². The van der Waals surface area contributed by atoms with Crippen molar-refractivity contribution in [2.75, 3.05) is 0 Å². The highest BCUT2D eigenvalue weighted by Crippen LogP contribution is 2.31. The number of carbonyl (C=O) groups excluding carboxylic acids is 1. The lowest BCUT2D eigenvalue weighted by atomic mass is 9.93. The number of ketones is 1. The van der Waals surface area contributed by atoms with E-state index >= 15 is 0 Å². The van der Waals surface area contributed by atoms with Crippen molar-refractivity contribution in [2.24, 2.45) is 0 Å². The Morgan fingerprint density at radius 3 is 2.54 bits per heavy atom. The maximum atomic E-state index is 11.3. The summed E-state index contributed by atoms with van der Waals surface area (Å²) in [6.07, 6.45) is 1.41. The Morgan fingerprint density at radius 2 is 2.00 bits per heavy atom. The molecule has 0 amide bonds. The average molecular weight is 178 g/mol. The molecule has 0 aliphatic heterocycles. The van der Waals surface area contributed by atoms with E-state index in [4.69, 9.17) is 4.42 Å². The Bertz CT molecular complexity index is 353. The zero-order chi connectivity index (χ0) is 9.64. The van der Waals surface area contributed by atoms with Crippen LogP contribution in [0.1, 0.15) is 49.1 Å². The van der Waals surface area contributed by atoms with Gasteiger partial charge in [-0.25, -0.2) is 0 Å². The van der Waals surface area contributed by atoms with Crippen molar-refractivity contribution in [1.82, 2.24) is 0 Å². The zero-order valence-corrected chi connectivity index (χ0v) is 8.31. The largest absolute Gasteiger partial charge is 0.465 e. The molecule has 2 heteroatoms. The van der Waals surface area contributed by atoms with Crippen molar-refractivity contribution in [3.63, 3.8) is 0 Å². The second-order valence-corrected chi connectivity index (χ2v) is 4.62. The minimum absolute atomic E-state index is 0.00458. The summed E-state index contributed by atoms with van der Waals surface area (Å²) < 4.78 is 5.64. The summed E-state index contributed by atoms with van der Waals surface area (Å²) in [4.78, 5) is 11.3. The predicted molar refractivity (Wildman–Crippen MR) is 50.1 cm³/mol. The molecule has 1 aliphatic carbocycles. The predicted octanol–water partition coefficient (Wildman–Crippen LogP) is 2.71. The van der Waals surface area contributed by atoms with E-state index in [-0.39, 0.29) is 11.2 Å². The van der Waals surface area contributed by atoms with E-state index in [1.54, 1.807) is 0 Å². The molecule has 0 saturated carbocycles. The van der Waals surface area contributed by atoms with Crippen LogP contribution in [0.15, 0.2) is 10.5 Å². The van der Waals surface area contributed by atoms with Crippen LogP contribution in [0.4, 0.5) is 0 Å². The zero-order valence-electron chi connectivity index (χ0n) is 8.31. The Morgan fingerprint density at radius 1 is 1.31 bits per heavy atom. The monoisotopic (exact) mass is 178 g/mol. The summed E-state index contributed by atoms with van der Waals surface area (Å²) in [7, 11) is 0. The molecule has 1 aromatic rings. The molecule has 1 heterocycles. The van der Waals surface area contributed by atoms with Gasteiger partial charge >= 0.3 is 0 Å². The maximum absolute atomic E-state index is 11.3. The highest BCUT2D eigenvalue weighted by atomic mass is 16.3. The van der Waals surface area contributed by atoms with Gasteiger partial charge in [0.1, 0.15) is 11.5 Å². The molecular formula is C11H14O2. The number of carbonyl (C=O) groups is 1. The Hall–Kier alpha value is -1.05. The summed E-state index contributed by atoms with van der Waals surface area (Å²) in [6.45, 7) is 6.27. The van der Waals surface area contributed by atoms with Crippen LogP contribution in [0, 0.1) is 0 Å². The van der Waals surface area contributed by atoms with Crippen LogP contribution in [0.3, 0.4) is 0 Å². The van der Waals surface area contributed by atoms with Crippen molar-refractivity contribution in [3.8, 4) is 0 Å². The molecule has 0 aromatic carbocycles. The average Bonchev–Trinajstić information content (AvgIpc) is 2.51. The minimum atomic E-state index is 0.00458. The summed E-state index contributed by atoms with van der Waals surface area (Å²) in [5.41, 5.74) is 0.815. The Balaban J connectivity index is 2.45. The minimum Gasteiger partial charge on any atom is -0.465 e. The van der Waals surface area contributed by atoms with Crippen LogP contribution >= 0.6 is 0 Å². The van der Waals surface area contributed by atoms with E-state index in [1.165, 1.54) is 0 Å². The summed E-state index contributed by atoms with van der Waals surface area (Å²) in [6, 6.07) is 1.91. The second kappa shape index (κ2) is 2.47. The van der Waals surface area contributed by atoms with Gasteiger partial charge in [-0.3, -0.25) is 4.79 Å². The van der Waals surface area contributed by atoms with Gasteiger partial charge in [-0.15, -0.1) is 0 Å². The molecule has 0 N–H and O–H groups in total. The third-order valence-electron chi connectivity index (χ3n) is 2.43. The van der Waals surface area contributed by atoms with Gasteiger partial charge in [-0.05, 0) is 6.07 Å². The molecule has 13 heavy (non-hydrogen) atoms. The summed E-state index contributed by atoms with van der Waals surface area (Å²) >= 11 is 0. The molecule has 0 bridgehead atoms. The van der Waals surface area contributed by atoms with E-state index in [1.807, 2.05) is 6.07 Å². The number of Topliss-reactive ketones (excluding diaryl/α,β-unsaturated/α-hetero) is 1. The number of rotatable bonds is 0. The molecule has 0 saturated heterocycles. The van der Waals surface area contributed by atoms with Gasteiger partial charge in [0, 0.05) is 18.3 Å². The fourth-order valence-electron chi connectivity index (χ4n) is 1.58. The lowest BCUT2D eigenvalue weighted by molar-refractivity contribution is 0.0994. The van der Waals surface area contributed by atoms with E-state index < -0.39 is 0 Å². The van der Waals surface area contributed by atoms with Crippen molar-refractivity contribution in [3.05, 3.63) is 23.2 Å². The first-order valence-corrected chi connectivity index (χ1v) is 4.65. The van der Waals surface area contributed by atoms with Crippen molar-refractivity contribution in [1.29, 1.82) is 0 Å². The Kier molecular flexibility index (Phi) is 1.62. The van der Waals surface area contributed by atoms with Crippen LogP contribution in [0.25, 0.3) is 0 Å². The van der Waals surface area contributed by atoms with E-state index in [9.17, 15) is 4.79 Å². The topological polar surface area (TPSA) is 30.2 Å². The lowest BCUT2D eigenvalue weighted by Gasteiger charge is -2.14. The van der Waals surface area contributed by atoms with Gasteiger partial charge in [0.25, 0.3) is 0 Å². The standard InChI is InChI=1S/C11H14O2/c1-11(2,3)10-6-7-8(12)4-5-9(7)13-10/h6H,4-5H2,1-3H3. The fourth-order valence-corrected chi connectivity index (χ4v) is 1.58. The molecule has 1 aliphatic rings. The molecule has 0 atom stereocenters. The molecule has 0 fully saturated rings. The molecule has 0 unspecified atom stereocenters. The number of fused-ring (bicyclic) bond motifs is 1. The lowest BCUT2D eigenvalue weighted by Crippen LogP contribution is -2.09. The maximum Gasteiger partial charge on any atom is 0.166 e. The van der Waals surface area contributed by atoms with Gasteiger partial charge in [0.05, 0.1) is 5.56 Å². The molecule has 70 valence electrons. The number of hydrogen-bond acceptors (Lipinski definition) is 2. The van der Waals surface area contributed by atoms with E-state index in [0.29, 0.717) is 6.42 Å². The highest BCUT2D eigenvalue weighted by molar-refractivity contribution is 5.99. The van der Waals surface area contributed by atoms with Crippen LogP contribution in [0.5, 0.6) is 0 Å². The molecule has 0 radical (unpaired) electrons. The van der Waals surface area contributed by atoms with Crippen LogP contribution in [-0.2, 0) is 11.8 Å². The van der Waals surface area contributed by atoms with Gasteiger partial charge < -0.3 is 4.42 Å². The van der Waals surface area contributed by atoms with Gasteiger partial charge in [-0.2, -0.15) is 0 Å². The molecule has 2 rings (SSSR count). The van der Waals surface area contributed by atoms with E-state index in [0.717, 1.165) is 23.5 Å². The third kappa shape index (κ3) is 1.30. The number of furan rings is 1. The number of aryl methyl sites for hydroxylation is 1. The van der Waals surface area contributed by atoms with Crippen molar-refractivity contribution < 1.29 is 9.21 Å². The normalized spacial score (nSPS) is 16.4. The smallest absolute Gasteiger partial charge is 0.166 e. The first-order valence-electron chi connectivity index (χ1n) is 4.65. The molecule has 2 nitrogen and oxygen atoms in total. The summed E-state index contributed by atoms with van der Waals surface area (Å²) in [5.74, 6) is 2.04. The Labute approximate surface area is 77.9 Å². The molecule has 1 aromatic heterocycles. The molecular weight excluding hydrogens is 164 g/mol. The van der Waals surface area contributed by atoms with Crippen LogP contribution < -0.4 is 0 Å². The van der Waals surface area contributed by atoms with E-state index in [2.05, 4.69) is 20.8 Å². The highest BCUT2D eigenvalue weighted by Gasteiger charge is 2.28.